The first kappa shape index (κ1) is 18.5. The lowest BCUT2D eigenvalue weighted by atomic mass is 9.81. The fraction of sp³-hybridized carbons (Fsp3) is 0.348. The molecule has 1 aliphatic rings. The zero-order valence-electron chi connectivity index (χ0n) is 16.0. The van der Waals surface area contributed by atoms with Gasteiger partial charge in [-0.2, -0.15) is 0 Å². The lowest BCUT2D eigenvalue weighted by Crippen LogP contribution is -2.43. The van der Waals surface area contributed by atoms with Crippen molar-refractivity contribution in [3.63, 3.8) is 0 Å². The minimum atomic E-state index is -0.825. The maximum atomic E-state index is 13.2. The highest BCUT2D eigenvalue weighted by Gasteiger charge is 2.40. The zero-order chi connectivity index (χ0) is 19.1. The number of halogens is 1. The van der Waals surface area contributed by atoms with Gasteiger partial charge in [0, 0.05) is 5.57 Å². The van der Waals surface area contributed by atoms with E-state index in [1.807, 2.05) is 39.8 Å². The van der Waals surface area contributed by atoms with E-state index >= 15 is 0 Å². The summed E-state index contributed by atoms with van der Waals surface area (Å²) in [5, 5.41) is 0. The first-order valence-electron chi connectivity index (χ1n) is 9.07. The molecule has 0 fully saturated rings. The van der Waals surface area contributed by atoms with Crippen LogP contribution >= 0.6 is 0 Å². The molecule has 0 saturated carbocycles. The Morgan fingerprint density at radius 2 is 1.69 bits per heavy atom. The molecule has 1 aliphatic heterocycles. The molecule has 3 heteroatoms. The summed E-state index contributed by atoms with van der Waals surface area (Å²) in [6.07, 6.45) is 0.712. The standard InChI is InChI=1S/C23H25FO2/c1-6-16-13-18(17-7-10-19(24)11-8-17)9-12-20(16)21-14(2)15(3)26-23(4,5)22(21)25/h7-13,15H,6H2,1-5H3. The zero-order valence-corrected chi connectivity index (χ0v) is 16.0. The Labute approximate surface area is 154 Å². The Kier molecular flexibility index (Phi) is 4.85. The van der Waals surface area contributed by atoms with Crippen molar-refractivity contribution < 1.29 is 13.9 Å². The van der Waals surface area contributed by atoms with Crippen LogP contribution in [0.3, 0.4) is 0 Å². The van der Waals surface area contributed by atoms with Crippen LogP contribution in [0.25, 0.3) is 16.7 Å². The number of rotatable bonds is 3. The van der Waals surface area contributed by atoms with E-state index in [4.69, 9.17) is 4.74 Å². The first-order valence-corrected chi connectivity index (χ1v) is 9.07. The lowest BCUT2D eigenvalue weighted by Gasteiger charge is -2.36. The molecule has 1 heterocycles. The van der Waals surface area contributed by atoms with Gasteiger partial charge in [0.25, 0.3) is 0 Å². The van der Waals surface area contributed by atoms with E-state index in [2.05, 4.69) is 13.0 Å². The average Bonchev–Trinajstić information content (AvgIpc) is 2.61. The van der Waals surface area contributed by atoms with Crippen molar-refractivity contribution in [1.29, 1.82) is 0 Å². The van der Waals surface area contributed by atoms with E-state index in [1.54, 1.807) is 12.1 Å². The molecular weight excluding hydrogens is 327 g/mol. The van der Waals surface area contributed by atoms with Gasteiger partial charge in [0.2, 0.25) is 0 Å². The van der Waals surface area contributed by atoms with E-state index in [1.165, 1.54) is 12.1 Å². The predicted octanol–water partition coefficient (Wildman–Crippen LogP) is 5.60. The van der Waals surface area contributed by atoms with Crippen LogP contribution in [0, 0.1) is 5.82 Å². The normalized spacial score (nSPS) is 19.8. The molecule has 0 spiro atoms. The third-order valence-electron chi connectivity index (χ3n) is 5.18. The van der Waals surface area contributed by atoms with Crippen molar-refractivity contribution in [2.75, 3.05) is 0 Å². The van der Waals surface area contributed by atoms with Gasteiger partial charge in [0.15, 0.2) is 5.78 Å². The highest BCUT2D eigenvalue weighted by molar-refractivity contribution is 6.26. The Morgan fingerprint density at radius 3 is 2.31 bits per heavy atom. The molecular formula is C23H25FO2. The van der Waals surface area contributed by atoms with Gasteiger partial charge in [-0.25, -0.2) is 4.39 Å². The van der Waals surface area contributed by atoms with Gasteiger partial charge < -0.3 is 4.74 Å². The summed E-state index contributed by atoms with van der Waals surface area (Å²) in [5.74, 6) is -0.219. The fourth-order valence-corrected chi connectivity index (χ4v) is 3.55. The minimum absolute atomic E-state index is 0.0253. The number of carbonyl (C=O) groups is 1. The van der Waals surface area contributed by atoms with Gasteiger partial charge >= 0.3 is 0 Å². The molecule has 136 valence electrons. The number of benzene rings is 2. The van der Waals surface area contributed by atoms with E-state index in [0.717, 1.165) is 39.8 Å². The summed E-state index contributed by atoms with van der Waals surface area (Å²) < 4.78 is 19.1. The number of hydrogen-bond acceptors (Lipinski definition) is 2. The average molecular weight is 352 g/mol. The molecule has 0 radical (unpaired) electrons. The molecule has 0 N–H and O–H groups in total. The number of ketones is 1. The summed E-state index contributed by atoms with van der Waals surface area (Å²) in [7, 11) is 0. The van der Waals surface area contributed by atoms with Crippen LogP contribution in [-0.4, -0.2) is 17.5 Å². The van der Waals surface area contributed by atoms with E-state index < -0.39 is 5.60 Å². The van der Waals surface area contributed by atoms with Gasteiger partial charge in [-0.3, -0.25) is 4.79 Å². The Bertz CT molecular complexity index is 876. The summed E-state index contributed by atoms with van der Waals surface area (Å²) in [6.45, 7) is 9.71. The minimum Gasteiger partial charge on any atom is -0.360 e. The molecule has 26 heavy (non-hydrogen) atoms. The lowest BCUT2D eigenvalue weighted by molar-refractivity contribution is -0.140. The quantitative estimate of drug-likeness (QED) is 0.719. The van der Waals surface area contributed by atoms with Gasteiger partial charge in [-0.05, 0) is 74.1 Å². The van der Waals surface area contributed by atoms with E-state index in [9.17, 15) is 9.18 Å². The number of Topliss-reactive ketones (excluding diaryl/α,β-unsaturated/α-hetero) is 1. The first-order chi connectivity index (χ1) is 12.2. The molecule has 2 aromatic carbocycles. The van der Waals surface area contributed by atoms with Crippen molar-refractivity contribution in [2.24, 2.45) is 0 Å². The number of carbonyl (C=O) groups excluding carboxylic acids is 1. The van der Waals surface area contributed by atoms with Crippen molar-refractivity contribution in [3.05, 3.63) is 65.0 Å². The van der Waals surface area contributed by atoms with Crippen LogP contribution in [-0.2, 0) is 16.0 Å². The molecule has 2 nitrogen and oxygen atoms in total. The molecule has 0 bridgehead atoms. The summed E-state index contributed by atoms with van der Waals surface area (Å²) in [5.41, 5.74) is 4.99. The molecule has 0 amide bonds. The van der Waals surface area contributed by atoms with Crippen molar-refractivity contribution in [2.45, 2.75) is 52.7 Å². The maximum absolute atomic E-state index is 13.2. The van der Waals surface area contributed by atoms with Crippen molar-refractivity contribution in [3.8, 4) is 11.1 Å². The third kappa shape index (κ3) is 3.24. The molecule has 0 saturated heterocycles. The molecule has 1 atom stereocenters. The molecule has 0 aromatic heterocycles. The summed E-state index contributed by atoms with van der Waals surface area (Å²) >= 11 is 0. The third-order valence-corrected chi connectivity index (χ3v) is 5.18. The van der Waals surface area contributed by atoms with Gasteiger partial charge in [-0.1, -0.05) is 37.3 Å². The van der Waals surface area contributed by atoms with Crippen molar-refractivity contribution in [1.82, 2.24) is 0 Å². The monoisotopic (exact) mass is 352 g/mol. The molecule has 1 unspecified atom stereocenters. The van der Waals surface area contributed by atoms with Crippen LogP contribution in [0.5, 0.6) is 0 Å². The Morgan fingerprint density at radius 1 is 1.08 bits per heavy atom. The van der Waals surface area contributed by atoms with Crippen LogP contribution in [0.15, 0.2) is 48.0 Å². The largest absolute Gasteiger partial charge is 0.360 e. The second-order valence-electron chi connectivity index (χ2n) is 7.39. The smallest absolute Gasteiger partial charge is 0.194 e. The second kappa shape index (κ2) is 6.81. The van der Waals surface area contributed by atoms with Crippen LogP contribution in [0.4, 0.5) is 4.39 Å². The molecule has 2 aromatic rings. The number of aryl methyl sites for hydroxylation is 1. The van der Waals surface area contributed by atoms with Crippen LogP contribution in [0.1, 0.15) is 45.7 Å². The second-order valence-corrected chi connectivity index (χ2v) is 7.39. The fourth-order valence-electron chi connectivity index (χ4n) is 3.55. The number of ether oxygens (including phenoxy) is 1. The van der Waals surface area contributed by atoms with E-state index in [0.29, 0.717) is 0 Å². The Balaban J connectivity index is 2.12. The predicted molar refractivity (Wildman–Crippen MR) is 103 cm³/mol. The maximum Gasteiger partial charge on any atom is 0.194 e. The molecule has 0 aliphatic carbocycles. The van der Waals surface area contributed by atoms with Crippen LogP contribution < -0.4 is 0 Å². The summed E-state index contributed by atoms with van der Waals surface area (Å²) in [4.78, 5) is 13.0. The van der Waals surface area contributed by atoms with Gasteiger partial charge in [0.1, 0.15) is 11.4 Å². The highest BCUT2D eigenvalue weighted by atomic mass is 19.1. The Hall–Kier alpha value is -2.26. The SMILES string of the molecule is CCc1cc(-c2ccc(F)cc2)ccc1C1=C(C)C(C)OC(C)(C)C1=O. The highest BCUT2D eigenvalue weighted by Crippen LogP contribution is 2.37. The molecule has 3 rings (SSSR count). The van der Waals surface area contributed by atoms with Crippen LogP contribution in [0.2, 0.25) is 0 Å². The topological polar surface area (TPSA) is 26.3 Å². The van der Waals surface area contributed by atoms with Gasteiger partial charge in [0.05, 0.1) is 6.10 Å². The number of hydrogen-bond donors (Lipinski definition) is 0. The van der Waals surface area contributed by atoms with E-state index in [-0.39, 0.29) is 17.7 Å². The van der Waals surface area contributed by atoms with Gasteiger partial charge in [-0.15, -0.1) is 0 Å². The van der Waals surface area contributed by atoms with Crippen molar-refractivity contribution >= 4 is 11.4 Å². The summed E-state index contributed by atoms with van der Waals surface area (Å²) in [6, 6.07) is 12.6.